The standard InChI is InChI=1S/C13H20N2O5S/c1-5-9(2)11-8-10(15-20-11)6-7-13(3,12(16)14-17)21(4,18)19/h5,8,17H,6-7H2,1-4H3,(H,14,16). The highest BCUT2D eigenvalue weighted by molar-refractivity contribution is 7.92. The molecule has 0 spiro atoms. The zero-order valence-electron chi connectivity index (χ0n) is 12.5. The first kappa shape index (κ1) is 17.4. The third-order valence-corrected chi connectivity index (χ3v) is 5.67. The molecule has 7 nitrogen and oxygen atoms in total. The van der Waals surface area contributed by atoms with E-state index in [-0.39, 0.29) is 12.8 Å². The minimum absolute atomic E-state index is 0.0148. The van der Waals surface area contributed by atoms with Crippen LogP contribution in [0.1, 0.15) is 38.6 Å². The molecular formula is C13H20N2O5S. The first-order chi connectivity index (χ1) is 9.65. The van der Waals surface area contributed by atoms with E-state index in [2.05, 4.69) is 5.16 Å². The summed E-state index contributed by atoms with van der Waals surface area (Å²) in [6.07, 6.45) is 3.04. The van der Waals surface area contributed by atoms with Gasteiger partial charge in [0.15, 0.2) is 15.6 Å². The number of hydrogen-bond donors (Lipinski definition) is 2. The molecule has 1 heterocycles. The van der Waals surface area contributed by atoms with Gasteiger partial charge in [0.05, 0.1) is 5.69 Å². The summed E-state index contributed by atoms with van der Waals surface area (Å²) in [6.45, 7) is 5.00. The zero-order valence-corrected chi connectivity index (χ0v) is 13.3. The Morgan fingerprint density at radius 1 is 1.57 bits per heavy atom. The van der Waals surface area contributed by atoms with Gasteiger partial charge < -0.3 is 4.52 Å². The van der Waals surface area contributed by atoms with Gasteiger partial charge in [-0.05, 0) is 39.2 Å². The number of nitrogens with zero attached hydrogens (tertiary/aromatic N) is 1. The lowest BCUT2D eigenvalue weighted by Crippen LogP contribution is -2.49. The largest absolute Gasteiger partial charge is 0.356 e. The summed E-state index contributed by atoms with van der Waals surface area (Å²) in [5.41, 5.74) is 2.87. The van der Waals surface area contributed by atoms with Crippen LogP contribution < -0.4 is 5.48 Å². The number of hydroxylamine groups is 1. The number of carbonyl (C=O) groups is 1. The van der Waals surface area contributed by atoms with Crippen molar-refractivity contribution in [2.24, 2.45) is 0 Å². The van der Waals surface area contributed by atoms with Crippen molar-refractivity contribution in [1.29, 1.82) is 0 Å². The van der Waals surface area contributed by atoms with Gasteiger partial charge in [-0.2, -0.15) is 0 Å². The molecule has 1 aromatic rings. The maximum Gasteiger partial charge on any atom is 0.264 e. The monoisotopic (exact) mass is 316 g/mol. The van der Waals surface area contributed by atoms with Gasteiger partial charge in [-0.3, -0.25) is 10.0 Å². The highest BCUT2D eigenvalue weighted by Gasteiger charge is 2.43. The molecular weight excluding hydrogens is 296 g/mol. The second-order valence-corrected chi connectivity index (χ2v) is 7.54. The predicted molar refractivity (Wildman–Crippen MR) is 77.3 cm³/mol. The van der Waals surface area contributed by atoms with Crippen LogP contribution in [0.15, 0.2) is 16.7 Å². The molecule has 0 saturated carbocycles. The van der Waals surface area contributed by atoms with Crippen LogP contribution in [0.4, 0.5) is 0 Å². The van der Waals surface area contributed by atoms with Crippen LogP contribution in [0.25, 0.3) is 5.57 Å². The SMILES string of the molecule is CC=C(C)c1cc(CCC(C)(C(=O)NO)S(C)(=O)=O)no1. The van der Waals surface area contributed by atoms with Crippen LogP contribution in [0, 0.1) is 0 Å². The molecule has 1 atom stereocenters. The van der Waals surface area contributed by atoms with Gasteiger partial charge in [-0.15, -0.1) is 0 Å². The van der Waals surface area contributed by atoms with E-state index in [1.165, 1.54) is 12.4 Å². The molecule has 118 valence electrons. The van der Waals surface area contributed by atoms with E-state index in [0.717, 1.165) is 11.8 Å². The molecule has 21 heavy (non-hydrogen) atoms. The molecule has 1 rings (SSSR count). The van der Waals surface area contributed by atoms with Crippen molar-refractivity contribution in [3.63, 3.8) is 0 Å². The van der Waals surface area contributed by atoms with E-state index in [0.29, 0.717) is 11.5 Å². The number of aromatic nitrogens is 1. The van der Waals surface area contributed by atoms with Crippen molar-refractivity contribution in [2.45, 2.75) is 38.4 Å². The van der Waals surface area contributed by atoms with Crippen molar-refractivity contribution in [1.82, 2.24) is 10.6 Å². The van der Waals surface area contributed by atoms with Crippen molar-refractivity contribution < 1.29 is 22.9 Å². The average Bonchev–Trinajstić information content (AvgIpc) is 2.90. The summed E-state index contributed by atoms with van der Waals surface area (Å²) < 4.78 is 27.0. The fourth-order valence-corrected chi connectivity index (χ4v) is 2.57. The van der Waals surface area contributed by atoms with Gasteiger partial charge in [-0.25, -0.2) is 13.9 Å². The molecule has 0 aliphatic carbocycles. The first-order valence-corrected chi connectivity index (χ1v) is 8.28. The highest BCUT2D eigenvalue weighted by atomic mass is 32.2. The van der Waals surface area contributed by atoms with E-state index in [4.69, 9.17) is 9.73 Å². The molecule has 0 bridgehead atoms. The molecule has 1 aromatic heterocycles. The van der Waals surface area contributed by atoms with E-state index >= 15 is 0 Å². The summed E-state index contributed by atoms with van der Waals surface area (Å²) >= 11 is 0. The molecule has 0 aliphatic heterocycles. The summed E-state index contributed by atoms with van der Waals surface area (Å²) in [6, 6.07) is 1.70. The molecule has 0 aromatic carbocycles. The first-order valence-electron chi connectivity index (χ1n) is 6.38. The Morgan fingerprint density at radius 2 is 2.19 bits per heavy atom. The highest BCUT2D eigenvalue weighted by Crippen LogP contribution is 2.24. The Kier molecular flexibility index (Phi) is 5.30. The molecule has 0 radical (unpaired) electrons. The molecule has 1 amide bonds. The third-order valence-electron chi connectivity index (χ3n) is 3.64. The number of amides is 1. The van der Waals surface area contributed by atoms with Crippen LogP contribution in [0.5, 0.6) is 0 Å². The Morgan fingerprint density at radius 3 is 2.67 bits per heavy atom. The smallest absolute Gasteiger partial charge is 0.264 e. The molecule has 1 unspecified atom stereocenters. The van der Waals surface area contributed by atoms with E-state index < -0.39 is 20.5 Å². The van der Waals surface area contributed by atoms with E-state index in [1.54, 1.807) is 6.07 Å². The molecule has 0 saturated heterocycles. The van der Waals surface area contributed by atoms with Crippen molar-refractivity contribution in [3.8, 4) is 0 Å². The predicted octanol–water partition coefficient (Wildman–Crippen LogP) is 1.34. The number of sulfone groups is 1. The van der Waals surface area contributed by atoms with Gasteiger partial charge in [0.2, 0.25) is 0 Å². The van der Waals surface area contributed by atoms with Crippen LogP contribution in [0.3, 0.4) is 0 Å². The minimum atomic E-state index is -3.70. The Balaban J connectivity index is 2.93. The van der Waals surface area contributed by atoms with Gasteiger partial charge in [0.1, 0.15) is 4.75 Å². The van der Waals surface area contributed by atoms with Crippen molar-refractivity contribution in [2.75, 3.05) is 6.26 Å². The quantitative estimate of drug-likeness (QED) is 0.605. The van der Waals surface area contributed by atoms with Crippen LogP contribution in [0.2, 0.25) is 0 Å². The van der Waals surface area contributed by atoms with Gasteiger partial charge in [-0.1, -0.05) is 11.2 Å². The van der Waals surface area contributed by atoms with Crippen molar-refractivity contribution in [3.05, 3.63) is 23.6 Å². The van der Waals surface area contributed by atoms with Gasteiger partial charge in [0.25, 0.3) is 5.91 Å². The molecule has 8 heteroatoms. The topological polar surface area (TPSA) is 110 Å². The lowest BCUT2D eigenvalue weighted by Gasteiger charge is -2.24. The number of allylic oxidation sites excluding steroid dienone is 2. The van der Waals surface area contributed by atoms with Gasteiger partial charge >= 0.3 is 0 Å². The normalized spacial score (nSPS) is 15.6. The Bertz CT molecular complexity index is 647. The summed E-state index contributed by atoms with van der Waals surface area (Å²) in [4.78, 5) is 11.7. The molecule has 2 N–H and O–H groups in total. The number of rotatable bonds is 6. The van der Waals surface area contributed by atoms with Crippen LogP contribution in [-0.4, -0.2) is 35.7 Å². The van der Waals surface area contributed by atoms with E-state index in [9.17, 15) is 13.2 Å². The third kappa shape index (κ3) is 3.70. The summed E-state index contributed by atoms with van der Waals surface area (Å²) in [5, 5.41) is 12.6. The maximum absolute atomic E-state index is 11.8. The number of hydrogen-bond acceptors (Lipinski definition) is 6. The van der Waals surface area contributed by atoms with E-state index in [1.807, 2.05) is 19.9 Å². The second kappa shape index (κ2) is 6.40. The zero-order chi connectivity index (χ0) is 16.3. The van der Waals surface area contributed by atoms with Gasteiger partial charge in [0, 0.05) is 12.3 Å². The Hall–Kier alpha value is -1.67. The minimum Gasteiger partial charge on any atom is -0.356 e. The lowest BCUT2D eigenvalue weighted by molar-refractivity contribution is -0.131. The summed E-state index contributed by atoms with van der Waals surface area (Å²) in [7, 11) is -3.70. The number of carbonyl (C=O) groups excluding carboxylic acids is 1. The fourth-order valence-electron chi connectivity index (χ4n) is 1.71. The fraction of sp³-hybridized carbons (Fsp3) is 0.538. The average molecular weight is 316 g/mol. The lowest BCUT2D eigenvalue weighted by atomic mass is 10.0. The second-order valence-electron chi connectivity index (χ2n) is 5.10. The maximum atomic E-state index is 11.8. The van der Waals surface area contributed by atoms with Crippen LogP contribution in [-0.2, 0) is 21.1 Å². The Labute approximate surface area is 123 Å². The molecule has 0 fully saturated rings. The summed E-state index contributed by atoms with van der Waals surface area (Å²) in [5.74, 6) is -0.362. The van der Waals surface area contributed by atoms with Crippen LogP contribution >= 0.6 is 0 Å². The van der Waals surface area contributed by atoms with Crippen molar-refractivity contribution >= 4 is 21.3 Å². The number of aryl methyl sites for hydroxylation is 1. The molecule has 0 aliphatic rings. The number of nitrogens with one attached hydrogen (secondary N) is 1.